The van der Waals surface area contributed by atoms with Crippen LogP contribution in [0.1, 0.15) is 5.56 Å². The van der Waals surface area contributed by atoms with E-state index < -0.39 is 20.2 Å². The van der Waals surface area contributed by atoms with E-state index in [9.17, 15) is 0 Å². The fourth-order valence-corrected chi connectivity index (χ4v) is 2.97. The van der Waals surface area contributed by atoms with Gasteiger partial charge < -0.3 is 0 Å². The van der Waals surface area contributed by atoms with Crippen molar-refractivity contribution < 1.29 is 3.07 Å². The van der Waals surface area contributed by atoms with E-state index in [0.29, 0.717) is 0 Å². The zero-order valence-corrected chi connectivity index (χ0v) is 10.2. The van der Waals surface area contributed by atoms with Gasteiger partial charge in [-0.25, -0.2) is 0 Å². The van der Waals surface area contributed by atoms with E-state index in [1.54, 1.807) is 7.11 Å². The number of rotatable bonds is 4. The van der Waals surface area contributed by atoms with Crippen molar-refractivity contribution in [3.8, 4) is 0 Å². The molecule has 1 rings (SSSR count). The van der Waals surface area contributed by atoms with Crippen molar-refractivity contribution in [3.63, 3.8) is 0 Å². The molecule has 0 unspecified atom stereocenters. The van der Waals surface area contributed by atoms with Gasteiger partial charge in [0.15, 0.2) is 0 Å². The Kier molecular flexibility index (Phi) is 4.69. The molecule has 13 heavy (non-hydrogen) atoms. The van der Waals surface area contributed by atoms with Gasteiger partial charge in [-0.15, -0.1) is 0 Å². The summed E-state index contributed by atoms with van der Waals surface area (Å²) in [5, 5.41) is 0. The maximum absolute atomic E-state index is 5.47. The Bertz CT molecular complexity index is 248. The number of alkyl halides is 1. The van der Waals surface area contributed by atoms with E-state index in [1.165, 1.54) is 9.13 Å². The van der Waals surface area contributed by atoms with E-state index in [2.05, 4.69) is 29.2 Å². The zero-order valence-electron chi connectivity index (χ0n) is 8.09. The molecule has 2 N–H and O–H groups in total. The van der Waals surface area contributed by atoms with Crippen molar-refractivity contribution in [1.29, 1.82) is 0 Å². The van der Waals surface area contributed by atoms with Crippen LogP contribution in [0, 0.1) is 3.57 Å². The molecule has 2 nitrogen and oxygen atoms in total. The molecule has 0 fully saturated rings. The molecule has 0 aliphatic rings. The molecule has 0 radical (unpaired) electrons. The molecule has 0 bridgehead atoms. The molecule has 0 aromatic heterocycles. The van der Waals surface area contributed by atoms with E-state index in [4.69, 9.17) is 8.80 Å². The molecule has 0 saturated heterocycles. The third-order valence-electron chi connectivity index (χ3n) is 1.89. The predicted octanol–water partition coefficient (Wildman–Crippen LogP) is 2.06. The standard InChI is InChI=1S/C10H16INO/c1-11(13-2)10-5-3-9(4-6-10)7-8-12/h3-6H,7-8,12H2,1-2H3. The summed E-state index contributed by atoms with van der Waals surface area (Å²) in [5.74, 6) is 0. The predicted molar refractivity (Wildman–Crippen MR) is 64.9 cm³/mol. The Morgan fingerprint density at radius 2 is 1.92 bits per heavy atom. The van der Waals surface area contributed by atoms with Crippen LogP contribution in [0.25, 0.3) is 0 Å². The molecule has 0 aliphatic heterocycles. The Balaban J connectivity index is 2.69. The van der Waals surface area contributed by atoms with Gasteiger partial charge in [0.05, 0.1) is 0 Å². The molecular formula is C10H16INO. The van der Waals surface area contributed by atoms with Crippen molar-refractivity contribution in [1.82, 2.24) is 0 Å². The van der Waals surface area contributed by atoms with E-state index in [-0.39, 0.29) is 0 Å². The first-order chi connectivity index (χ1) is 6.27. The normalized spacial score (nSPS) is 11.5. The molecule has 1 aromatic carbocycles. The van der Waals surface area contributed by atoms with Gasteiger partial charge in [0, 0.05) is 0 Å². The third kappa shape index (κ3) is 3.25. The van der Waals surface area contributed by atoms with Gasteiger partial charge in [0.25, 0.3) is 0 Å². The first-order valence-electron chi connectivity index (χ1n) is 4.21. The Labute approximate surface area is 87.4 Å². The second-order valence-corrected chi connectivity index (χ2v) is 7.27. The summed E-state index contributed by atoms with van der Waals surface area (Å²) in [4.78, 5) is 2.20. The minimum atomic E-state index is -1.28. The Morgan fingerprint density at radius 3 is 2.38 bits per heavy atom. The molecule has 1 aromatic rings. The van der Waals surface area contributed by atoms with Crippen LogP contribution in [0.3, 0.4) is 0 Å². The second kappa shape index (κ2) is 5.57. The Hall–Kier alpha value is -0.130. The first-order valence-corrected chi connectivity index (χ1v) is 8.33. The Morgan fingerprint density at radius 1 is 1.31 bits per heavy atom. The van der Waals surface area contributed by atoms with Gasteiger partial charge in [0.1, 0.15) is 0 Å². The van der Waals surface area contributed by atoms with Crippen LogP contribution in [0.2, 0.25) is 0 Å². The van der Waals surface area contributed by atoms with Crippen molar-refractivity contribution in [2.45, 2.75) is 6.42 Å². The van der Waals surface area contributed by atoms with Crippen molar-refractivity contribution in [2.75, 3.05) is 18.6 Å². The van der Waals surface area contributed by atoms with Crippen LogP contribution in [0.15, 0.2) is 24.3 Å². The summed E-state index contributed by atoms with van der Waals surface area (Å²) in [5.41, 5.74) is 6.78. The number of hydrogen-bond acceptors (Lipinski definition) is 2. The summed E-state index contributed by atoms with van der Waals surface area (Å²) in [7, 11) is 1.79. The maximum atomic E-state index is 5.47. The number of hydrogen-bond donors (Lipinski definition) is 1. The quantitative estimate of drug-likeness (QED) is 0.681. The number of halogens is 1. The number of benzene rings is 1. The average molecular weight is 293 g/mol. The molecule has 0 spiro atoms. The summed E-state index contributed by atoms with van der Waals surface area (Å²) in [6.45, 7) is 0.720. The van der Waals surface area contributed by atoms with Gasteiger partial charge in [-0.3, -0.25) is 0 Å². The van der Waals surface area contributed by atoms with Crippen molar-refractivity contribution in [2.24, 2.45) is 5.73 Å². The molecular weight excluding hydrogens is 277 g/mol. The molecule has 3 heteroatoms. The molecule has 74 valence electrons. The van der Waals surface area contributed by atoms with Gasteiger partial charge >= 0.3 is 87.4 Å². The van der Waals surface area contributed by atoms with Crippen molar-refractivity contribution in [3.05, 3.63) is 33.4 Å². The summed E-state index contributed by atoms with van der Waals surface area (Å²) >= 11 is -1.28. The minimum absolute atomic E-state index is 0.720. The van der Waals surface area contributed by atoms with Crippen LogP contribution >= 0.6 is 20.2 Å². The van der Waals surface area contributed by atoms with E-state index in [0.717, 1.165) is 13.0 Å². The monoisotopic (exact) mass is 293 g/mol. The van der Waals surface area contributed by atoms with Gasteiger partial charge in [-0.2, -0.15) is 0 Å². The van der Waals surface area contributed by atoms with Crippen LogP contribution < -0.4 is 5.73 Å². The molecule has 0 heterocycles. The molecule has 0 saturated carbocycles. The van der Waals surface area contributed by atoms with Gasteiger partial charge in [0.2, 0.25) is 0 Å². The zero-order chi connectivity index (χ0) is 9.68. The number of nitrogens with two attached hydrogens (primary N) is 1. The molecule has 0 amide bonds. The van der Waals surface area contributed by atoms with E-state index >= 15 is 0 Å². The second-order valence-electron chi connectivity index (χ2n) is 2.74. The first kappa shape index (κ1) is 10.9. The van der Waals surface area contributed by atoms with Gasteiger partial charge in [-0.05, 0) is 0 Å². The topological polar surface area (TPSA) is 35.2 Å². The van der Waals surface area contributed by atoms with Crippen LogP contribution in [-0.2, 0) is 9.49 Å². The fourth-order valence-electron chi connectivity index (χ4n) is 1.08. The van der Waals surface area contributed by atoms with Crippen LogP contribution in [0.5, 0.6) is 0 Å². The van der Waals surface area contributed by atoms with Gasteiger partial charge in [-0.1, -0.05) is 0 Å². The van der Waals surface area contributed by atoms with Crippen LogP contribution in [-0.4, -0.2) is 18.6 Å². The summed E-state index contributed by atoms with van der Waals surface area (Å²) in [6, 6.07) is 8.63. The molecule has 0 aliphatic carbocycles. The average Bonchev–Trinajstić information content (AvgIpc) is 2.18. The fraction of sp³-hybridized carbons (Fsp3) is 0.400. The molecule has 0 atom stereocenters. The van der Waals surface area contributed by atoms with Crippen LogP contribution in [0.4, 0.5) is 0 Å². The third-order valence-corrected chi connectivity index (χ3v) is 5.68. The van der Waals surface area contributed by atoms with E-state index in [1.807, 2.05) is 0 Å². The van der Waals surface area contributed by atoms with Crippen molar-refractivity contribution >= 4 is 20.2 Å². The SMILES string of the molecule is COI(C)c1ccc(CCN)cc1. The summed E-state index contributed by atoms with van der Waals surface area (Å²) < 4.78 is 6.74. The summed E-state index contributed by atoms with van der Waals surface area (Å²) in [6.07, 6.45) is 0.963.